The zero-order valence-electron chi connectivity index (χ0n) is 8.68. The van der Waals surface area contributed by atoms with Gasteiger partial charge in [-0.05, 0) is 0 Å². The zero-order chi connectivity index (χ0) is 13.9. The van der Waals surface area contributed by atoms with Gasteiger partial charge in [0, 0.05) is 17.3 Å². The SMILES string of the molecule is O=C(O)Cc1c(CCl)[nH]c(OC(F)(F)F)cc1=O. The van der Waals surface area contributed by atoms with E-state index < -0.39 is 30.1 Å². The number of ether oxygens (including phenoxy) is 1. The molecule has 0 amide bonds. The number of nitrogens with one attached hydrogen (secondary N) is 1. The Kier molecular flexibility index (Phi) is 4.23. The van der Waals surface area contributed by atoms with E-state index in [0.29, 0.717) is 6.07 Å². The summed E-state index contributed by atoms with van der Waals surface area (Å²) < 4.78 is 39.4. The minimum absolute atomic E-state index is 0.120. The largest absolute Gasteiger partial charge is 0.574 e. The van der Waals surface area contributed by atoms with Crippen LogP contribution in [0.1, 0.15) is 11.3 Å². The molecule has 0 aliphatic carbocycles. The van der Waals surface area contributed by atoms with Crippen molar-refractivity contribution in [2.75, 3.05) is 0 Å². The molecule has 0 bridgehead atoms. The Morgan fingerprint density at radius 3 is 2.56 bits per heavy atom. The predicted octanol–water partition coefficient (Wildman–Crippen LogP) is 1.64. The number of carboxylic acid groups (broad SMARTS) is 1. The summed E-state index contributed by atoms with van der Waals surface area (Å²) in [7, 11) is 0. The van der Waals surface area contributed by atoms with Crippen LogP contribution in [0.3, 0.4) is 0 Å². The van der Waals surface area contributed by atoms with Crippen molar-refractivity contribution >= 4 is 17.6 Å². The smallest absolute Gasteiger partial charge is 0.481 e. The van der Waals surface area contributed by atoms with Gasteiger partial charge in [-0.3, -0.25) is 9.59 Å². The number of aromatic nitrogens is 1. The molecule has 9 heteroatoms. The number of carbonyl (C=O) groups is 1. The molecule has 0 atom stereocenters. The van der Waals surface area contributed by atoms with Gasteiger partial charge < -0.3 is 14.8 Å². The number of rotatable bonds is 4. The van der Waals surface area contributed by atoms with Crippen LogP contribution in [0.15, 0.2) is 10.9 Å². The molecule has 0 saturated carbocycles. The van der Waals surface area contributed by atoms with Crippen LogP contribution in [0.4, 0.5) is 13.2 Å². The van der Waals surface area contributed by atoms with Crippen LogP contribution < -0.4 is 10.2 Å². The molecule has 0 spiro atoms. The number of hydrogen-bond donors (Lipinski definition) is 2. The number of aliphatic carboxylic acids is 1. The van der Waals surface area contributed by atoms with Gasteiger partial charge in [-0.1, -0.05) is 0 Å². The third-order valence-electron chi connectivity index (χ3n) is 1.89. The first-order valence-electron chi connectivity index (χ1n) is 4.51. The van der Waals surface area contributed by atoms with E-state index in [1.807, 2.05) is 0 Å². The molecule has 2 N–H and O–H groups in total. The van der Waals surface area contributed by atoms with Gasteiger partial charge in [0.1, 0.15) is 0 Å². The number of alkyl halides is 4. The van der Waals surface area contributed by atoms with Crippen molar-refractivity contribution in [1.29, 1.82) is 0 Å². The summed E-state index contributed by atoms with van der Waals surface area (Å²) in [5, 5.41) is 8.56. The lowest BCUT2D eigenvalue weighted by molar-refractivity contribution is -0.276. The maximum Gasteiger partial charge on any atom is 0.574 e. The number of H-pyrrole nitrogens is 1. The van der Waals surface area contributed by atoms with Gasteiger partial charge in [-0.15, -0.1) is 24.8 Å². The number of aromatic amines is 1. The van der Waals surface area contributed by atoms with Crippen molar-refractivity contribution < 1.29 is 27.8 Å². The average molecular weight is 286 g/mol. The first-order valence-corrected chi connectivity index (χ1v) is 5.05. The summed E-state index contributed by atoms with van der Waals surface area (Å²) in [6.45, 7) is 0. The number of hydrogen-bond acceptors (Lipinski definition) is 3. The molecule has 18 heavy (non-hydrogen) atoms. The summed E-state index contributed by atoms with van der Waals surface area (Å²) >= 11 is 5.43. The Hall–Kier alpha value is -1.70. The molecule has 0 radical (unpaired) electrons. The fourth-order valence-corrected chi connectivity index (χ4v) is 1.48. The van der Waals surface area contributed by atoms with Gasteiger partial charge in [-0.2, -0.15) is 0 Å². The first kappa shape index (κ1) is 14.4. The van der Waals surface area contributed by atoms with E-state index in [9.17, 15) is 22.8 Å². The highest BCUT2D eigenvalue weighted by Crippen LogP contribution is 2.21. The van der Waals surface area contributed by atoms with Crippen LogP contribution in [0.5, 0.6) is 5.88 Å². The van der Waals surface area contributed by atoms with Crippen LogP contribution in [0, 0.1) is 0 Å². The fourth-order valence-electron chi connectivity index (χ4n) is 1.25. The minimum Gasteiger partial charge on any atom is -0.481 e. The van der Waals surface area contributed by atoms with Crippen molar-refractivity contribution in [2.45, 2.75) is 18.7 Å². The summed E-state index contributed by atoms with van der Waals surface area (Å²) in [4.78, 5) is 24.1. The van der Waals surface area contributed by atoms with Crippen LogP contribution in [-0.4, -0.2) is 22.4 Å². The molecule has 1 aromatic heterocycles. The molecule has 1 rings (SSSR count). The lowest BCUT2D eigenvalue weighted by Gasteiger charge is -2.11. The Morgan fingerprint density at radius 2 is 2.11 bits per heavy atom. The first-order chi connectivity index (χ1) is 8.23. The number of halogens is 4. The van der Waals surface area contributed by atoms with E-state index >= 15 is 0 Å². The van der Waals surface area contributed by atoms with Gasteiger partial charge in [0.25, 0.3) is 0 Å². The van der Waals surface area contributed by atoms with Crippen LogP contribution >= 0.6 is 11.6 Å². The molecule has 0 unspecified atom stereocenters. The second kappa shape index (κ2) is 5.30. The van der Waals surface area contributed by atoms with Crippen molar-refractivity contribution in [2.24, 2.45) is 0 Å². The highest BCUT2D eigenvalue weighted by molar-refractivity contribution is 6.17. The van der Waals surface area contributed by atoms with Gasteiger partial charge in [0.15, 0.2) is 5.43 Å². The van der Waals surface area contributed by atoms with Crippen molar-refractivity contribution in [1.82, 2.24) is 4.98 Å². The van der Waals surface area contributed by atoms with E-state index in [0.717, 1.165) is 0 Å². The lowest BCUT2D eigenvalue weighted by Crippen LogP contribution is -2.22. The fraction of sp³-hybridized carbons (Fsp3) is 0.333. The molecule has 0 aliphatic heterocycles. The minimum atomic E-state index is -4.96. The van der Waals surface area contributed by atoms with E-state index in [2.05, 4.69) is 9.72 Å². The molecule has 100 valence electrons. The van der Waals surface area contributed by atoms with Crippen molar-refractivity contribution in [3.05, 3.63) is 27.5 Å². The standard InChI is InChI=1S/C9H7ClF3NO4/c10-3-5-4(1-8(16)17)6(15)2-7(14-5)18-9(11,12)13/h2H,1,3H2,(H,14,15)(H,16,17). The average Bonchev–Trinajstić information content (AvgIpc) is 2.18. The van der Waals surface area contributed by atoms with E-state index in [1.165, 1.54) is 0 Å². The lowest BCUT2D eigenvalue weighted by atomic mass is 10.1. The van der Waals surface area contributed by atoms with Gasteiger partial charge in [0.05, 0.1) is 12.3 Å². The van der Waals surface area contributed by atoms with E-state index in [-0.39, 0.29) is 17.1 Å². The van der Waals surface area contributed by atoms with E-state index in [4.69, 9.17) is 16.7 Å². The molecule has 0 fully saturated rings. The van der Waals surface area contributed by atoms with Crippen LogP contribution in [0.25, 0.3) is 0 Å². The Balaban J connectivity index is 3.19. The van der Waals surface area contributed by atoms with E-state index in [1.54, 1.807) is 0 Å². The molecule has 1 aromatic rings. The highest BCUT2D eigenvalue weighted by Gasteiger charge is 2.32. The molecule has 0 saturated heterocycles. The van der Waals surface area contributed by atoms with Crippen LogP contribution in [-0.2, 0) is 17.1 Å². The Bertz CT molecular complexity index is 512. The summed E-state index contributed by atoms with van der Waals surface area (Å²) in [5.74, 6) is -2.47. The second-order valence-electron chi connectivity index (χ2n) is 3.21. The third kappa shape index (κ3) is 3.95. The topological polar surface area (TPSA) is 79.4 Å². The molecule has 5 nitrogen and oxygen atoms in total. The quantitative estimate of drug-likeness (QED) is 0.824. The summed E-state index contributed by atoms with van der Waals surface area (Å²) in [6, 6.07) is 0.530. The van der Waals surface area contributed by atoms with Crippen molar-refractivity contribution in [3.63, 3.8) is 0 Å². The number of pyridine rings is 1. The van der Waals surface area contributed by atoms with Gasteiger partial charge in [-0.25, -0.2) is 0 Å². The number of carboxylic acids is 1. The highest BCUT2D eigenvalue weighted by atomic mass is 35.5. The van der Waals surface area contributed by atoms with Crippen molar-refractivity contribution in [3.8, 4) is 5.88 Å². The normalized spacial score (nSPS) is 11.3. The Morgan fingerprint density at radius 1 is 1.50 bits per heavy atom. The molecular weight excluding hydrogens is 279 g/mol. The third-order valence-corrected chi connectivity index (χ3v) is 2.15. The molecular formula is C9H7ClF3NO4. The predicted molar refractivity (Wildman–Crippen MR) is 54.6 cm³/mol. The molecule has 0 aromatic carbocycles. The summed E-state index contributed by atoms with van der Waals surface area (Å²) in [5.41, 5.74) is -1.20. The zero-order valence-corrected chi connectivity index (χ0v) is 9.43. The monoisotopic (exact) mass is 285 g/mol. The second-order valence-corrected chi connectivity index (χ2v) is 3.47. The van der Waals surface area contributed by atoms with Gasteiger partial charge in [0.2, 0.25) is 5.88 Å². The van der Waals surface area contributed by atoms with Gasteiger partial charge >= 0.3 is 12.3 Å². The Labute approximate surface area is 103 Å². The molecule has 1 heterocycles. The molecule has 0 aliphatic rings. The van der Waals surface area contributed by atoms with Crippen LogP contribution in [0.2, 0.25) is 0 Å². The maximum atomic E-state index is 11.9. The summed E-state index contributed by atoms with van der Waals surface area (Å²) in [6.07, 6.45) is -5.59. The maximum absolute atomic E-state index is 11.9.